The smallest absolute Gasteiger partial charge is 0.277 e. The maximum atomic E-state index is 10.7. The normalized spacial score (nSPS) is 12.0. The van der Waals surface area contributed by atoms with Crippen LogP contribution in [0.15, 0.2) is 68.7 Å². The van der Waals surface area contributed by atoms with Gasteiger partial charge in [-0.1, -0.05) is 30.0 Å². The van der Waals surface area contributed by atoms with E-state index in [1.54, 1.807) is 12.1 Å². The summed E-state index contributed by atoms with van der Waals surface area (Å²) in [6.45, 7) is 1.88. The van der Waals surface area contributed by atoms with Crippen LogP contribution >= 0.6 is 11.8 Å². The minimum Gasteiger partial charge on any atom is -0.419 e. The predicted octanol–water partition coefficient (Wildman–Crippen LogP) is 4.55. The first-order valence-corrected chi connectivity index (χ1v) is 9.12. The Hall–Kier alpha value is -3.53. The summed E-state index contributed by atoms with van der Waals surface area (Å²) in [6, 6.07) is 15.4. The molecule has 0 saturated carbocycles. The lowest BCUT2D eigenvalue weighted by molar-refractivity contribution is -0.384. The van der Waals surface area contributed by atoms with Crippen molar-refractivity contribution in [2.45, 2.75) is 17.4 Å². The van der Waals surface area contributed by atoms with E-state index in [1.807, 2.05) is 37.3 Å². The van der Waals surface area contributed by atoms with Crippen LogP contribution in [0, 0.1) is 10.1 Å². The van der Waals surface area contributed by atoms with Gasteiger partial charge in [-0.3, -0.25) is 10.1 Å². The Morgan fingerprint density at radius 2 is 1.54 bits per heavy atom. The number of non-ortho nitro benzene ring substituents is 1. The van der Waals surface area contributed by atoms with Crippen LogP contribution in [-0.2, 0) is 0 Å². The molecule has 0 bridgehead atoms. The zero-order chi connectivity index (χ0) is 19.5. The van der Waals surface area contributed by atoms with Crippen molar-refractivity contribution in [1.82, 2.24) is 20.4 Å². The van der Waals surface area contributed by atoms with Crippen LogP contribution < -0.4 is 0 Å². The summed E-state index contributed by atoms with van der Waals surface area (Å²) in [7, 11) is 0. The highest BCUT2D eigenvalue weighted by Gasteiger charge is 2.20. The fourth-order valence-corrected chi connectivity index (χ4v) is 3.11. The molecule has 2 aromatic heterocycles. The van der Waals surface area contributed by atoms with E-state index in [9.17, 15) is 10.1 Å². The molecule has 2 aromatic carbocycles. The highest BCUT2D eigenvalue weighted by molar-refractivity contribution is 7.99. The highest BCUT2D eigenvalue weighted by atomic mass is 32.2. The fourth-order valence-electron chi connectivity index (χ4n) is 2.40. The Morgan fingerprint density at radius 3 is 2.25 bits per heavy atom. The molecule has 0 spiro atoms. The lowest BCUT2D eigenvalue weighted by Gasteiger charge is -2.01. The van der Waals surface area contributed by atoms with Gasteiger partial charge in [0.05, 0.1) is 10.2 Å². The lowest BCUT2D eigenvalue weighted by atomic mass is 10.2. The van der Waals surface area contributed by atoms with Crippen LogP contribution in [0.1, 0.15) is 18.1 Å². The summed E-state index contributed by atoms with van der Waals surface area (Å²) < 4.78 is 11.4. The third-order valence-electron chi connectivity index (χ3n) is 3.82. The van der Waals surface area contributed by atoms with Gasteiger partial charge >= 0.3 is 0 Å². The summed E-state index contributed by atoms with van der Waals surface area (Å²) in [4.78, 5) is 10.3. The van der Waals surface area contributed by atoms with Crippen molar-refractivity contribution in [3.8, 4) is 22.9 Å². The van der Waals surface area contributed by atoms with Crippen molar-refractivity contribution < 1.29 is 13.8 Å². The molecule has 1 atom stereocenters. The third-order valence-corrected chi connectivity index (χ3v) is 4.74. The van der Waals surface area contributed by atoms with Crippen molar-refractivity contribution in [3.63, 3.8) is 0 Å². The number of benzene rings is 2. The molecule has 140 valence electrons. The molecule has 0 radical (unpaired) electrons. The molecule has 0 amide bonds. The molecule has 4 rings (SSSR count). The van der Waals surface area contributed by atoms with Crippen molar-refractivity contribution in [3.05, 3.63) is 70.6 Å². The molecule has 0 aliphatic rings. The van der Waals surface area contributed by atoms with Crippen molar-refractivity contribution in [2.24, 2.45) is 0 Å². The maximum Gasteiger partial charge on any atom is 0.277 e. The molecule has 9 nitrogen and oxygen atoms in total. The zero-order valence-corrected chi connectivity index (χ0v) is 15.4. The van der Waals surface area contributed by atoms with Crippen molar-refractivity contribution in [2.75, 3.05) is 0 Å². The van der Waals surface area contributed by atoms with Crippen LogP contribution in [0.25, 0.3) is 22.9 Å². The molecule has 4 aromatic rings. The Bertz CT molecular complexity index is 1090. The van der Waals surface area contributed by atoms with E-state index >= 15 is 0 Å². The monoisotopic (exact) mass is 395 g/mol. The molecule has 0 N–H and O–H groups in total. The van der Waals surface area contributed by atoms with E-state index in [0.717, 1.165) is 5.56 Å². The predicted molar refractivity (Wildman–Crippen MR) is 100 cm³/mol. The molecule has 0 unspecified atom stereocenters. The van der Waals surface area contributed by atoms with Gasteiger partial charge in [-0.15, -0.1) is 20.4 Å². The minimum absolute atomic E-state index is 0.00183. The van der Waals surface area contributed by atoms with Gasteiger partial charge in [-0.2, -0.15) is 0 Å². The van der Waals surface area contributed by atoms with Gasteiger partial charge in [-0.05, 0) is 31.2 Å². The molecule has 28 heavy (non-hydrogen) atoms. The van der Waals surface area contributed by atoms with Crippen LogP contribution in [0.4, 0.5) is 5.69 Å². The topological polar surface area (TPSA) is 121 Å². The first-order valence-electron chi connectivity index (χ1n) is 8.24. The second kappa shape index (κ2) is 7.61. The van der Waals surface area contributed by atoms with E-state index in [0.29, 0.717) is 22.6 Å². The quantitative estimate of drug-likeness (QED) is 0.263. The molecular formula is C18H13N5O4S. The highest BCUT2D eigenvalue weighted by Crippen LogP contribution is 2.35. The summed E-state index contributed by atoms with van der Waals surface area (Å²) in [5, 5.41) is 27.1. The lowest BCUT2D eigenvalue weighted by Crippen LogP contribution is -1.88. The molecule has 2 heterocycles. The van der Waals surface area contributed by atoms with E-state index in [1.165, 1.54) is 23.9 Å². The third kappa shape index (κ3) is 3.76. The van der Waals surface area contributed by atoms with Gasteiger partial charge < -0.3 is 8.83 Å². The zero-order valence-electron chi connectivity index (χ0n) is 14.6. The van der Waals surface area contributed by atoms with Gasteiger partial charge in [0.1, 0.15) is 0 Å². The largest absolute Gasteiger partial charge is 0.419 e. The molecular weight excluding hydrogens is 382 g/mol. The van der Waals surface area contributed by atoms with Crippen molar-refractivity contribution in [1.29, 1.82) is 0 Å². The first-order chi connectivity index (χ1) is 13.6. The van der Waals surface area contributed by atoms with Gasteiger partial charge in [0.25, 0.3) is 10.9 Å². The fraction of sp³-hybridized carbons (Fsp3) is 0.111. The Balaban J connectivity index is 1.47. The van der Waals surface area contributed by atoms with E-state index in [4.69, 9.17) is 8.83 Å². The summed E-state index contributed by atoms with van der Waals surface area (Å²) in [5.74, 6) is 1.11. The molecule has 0 saturated heterocycles. The molecule has 10 heteroatoms. The molecule has 0 aliphatic carbocycles. The number of rotatable bonds is 6. The minimum atomic E-state index is -0.462. The Morgan fingerprint density at radius 1 is 0.893 bits per heavy atom. The van der Waals surface area contributed by atoms with Crippen LogP contribution in [0.5, 0.6) is 0 Å². The van der Waals surface area contributed by atoms with E-state index in [-0.39, 0.29) is 16.8 Å². The Labute approximate surface area is 163 Å². The number of hydrogen-bond acceptors (Lipinski definition) is 9. The first kappa shape index (κ1) is 17.9. The second-order valence-electron chi connectivity index (χ2n) is 5.75. The second-order valence-corrected chi connectivity index (χ2v) is 7.04. The number of thioether (sulfide) groups is 1. The number of aromatic nitrogens is 4. The van der Waals surface area contributed by atoms with E-state index in [2.05, 4.69) is 20.4 Å². The van der Waals surface area contributed by atoms with Crippen LogP contribution in [-0.4, -0.2) is 25.3 Å². The SMILES string of the molecule is C[C@H](Sc1nnc(-c2ccccc2)o1)c1nnc(-c2ccc([N+](=O)[O-])cc2)o1. The van der Waals surface area contributed by atoms with Gasteiger partial charge in [-0.25, -0.2) is 0 Å². The number of nitro benzene ring substituents is 1. The Kier molecular flexibility index (Phi) is 4.85. The number of nitrogens with zero attached hydrogens (tertiary/aromatic N) is 5. The summed E-state index contributed by atoms with van der Waals surface area (Å²) in [6.07, 6.45) is 0. The number of nitro groups is 1. The van der Waals surface area contributed by atoms with Gasteiger partial charge in [0, 0.05) is 23.3 Å². The van der Waals surface area contributed by atoms with E-state index < -0.39 is 4.92 Å². The van der Waals surface area contributed by atoms with Gasteiger partial charge in [0.15, 0.2) is 0 Å². The average molecular weight is 395 g/mol. The summed E-state index contributed by atoms with van der Waals surface area (Å²) in [5.41, 5.74) is 1.44. The molecule has 0 fully saturated rings. The van der Waals surface area contributed by atoms with Gasteiger partial charge in [0.2, 0.25) is 17.7 Å². The van der Waals surface area contributed by atoms with Crippen LogP contribution in [0.3, 0.4) is 0 Å². The standard InChI is InChI=1S/C18H13N5O4S/c1-11(28-18-22-21-17(27-18)12-5-3-2-4-6-12)15-19-20-16(26-15)13-7-9-14(10-8-13)23(24)25/h2-11H,1H3/t11-/m0/s1. The van der Waals surface area contributed by atoms with Crippen molar-refractivity contribution >= 4 is 17.4 Å². The maximum absolute atomic E-state index is 10.7. The number of hydrogen-bond donors (Lipinski definition) is 0. The summed E-state index contributed by atoms with van der Waals surface area (Å²) >= 11 is 1.30. The molecule has 0 aliphatic heterocycles. The average Bonchev–Trinajstić information content (AvgIpc) is 3.39. The van der Waals surface area contributed by atoms with Crippen LogP contribution in [0.2, 0.25) is 0 Å².